The number of rotatable bonds is 64. The third-order valence-electron chi connectivity index (χ3n) is 15.3. The number of allylic oxidation sites excluding steroid dienone is 14. The van der Waals surface area contributed by atoms with E-state index < -0.39 is 6.10 Å². The lowest BCUT2D eigenvalue weighted by Crippen LogP contribution is -2.30. The van der Waals surface area contributed by atoms with Gasteiger partial charge in [0.15, 0.2) is 6.10 Å². The molecule has 0 aromatic carbocycles. The summed E-state index contributed by atoms with van der Waals surface area (Å²) in [6.07, 6.45) is 92.1. The van der Waals surface area contributed by atoms with Crippen LogP contribution < -0.4 is 0 Å². The van der Waals surface area contributed by atoms with Crippen LogP contribution in [0.4, 0.5) is 0 Å². The van der Waals surface area contributed by atoms with Gasteiger partial charge in [-0.2, -0.15) is 0 Å². The van der Waals surface area contributed by atoms with Crippen molar-refractivity contribution in [1.29, 1.82) is 0 Å². The molecule has 0 amide bonds. The number of hydrogen-bond acceptors (Lipinski definition) is 6. The highest BCUT2D eigenvalue weighted by Crippen LogP contribution is 2.18. The number of carbonyl (C=O) groups excluding carboxylic acids is 3. The Bertz CT molecular complexity index is 1530. The van der Waals surface area contributed by atoms with Gasteiger partial charge in [0.2, 0.25) is 0 Å². The molecule has 468 valence electrons. The van der Waals surface area contributed by atoms with E-state index in [2.05, 4.69) is 106 Å². The van der Waals surface area contributed by atoms with Crippen molar-refractivity contribution in [3.8, 4) is 0 Å². The van der Waals surface area contributed by atoms with Crippen molar-refractivity contribution in [2.45, 2.75) is 361 Å². The molecule has 0 aliphatic rings. The Hall–Kier alpha value is -3.41. The van der Waals surface area contributed by atoms with E-state index >= 15 is 0 Å². The molecule has 0 spiro atoms. The van der Waals surface area contributed by atoms with E-state index in [4.69, 9.17) is 14.2 Å². The van der Waals surface area contributed by atoms with Crippen molar-refractivity contribution in [2.75, 3.05) is 13.2 Å². The topological polar surface area (TPSA) is 78.9 Å². The summed E-state index contributed by atoms with van der Waals surface area (Å²) in [5.74, 6) is -0.880. The summed E-state index contributed by atoms with van der Waals surface area (Å²) >= 11 is 0. The van der Waals surface area contributed by atoms with Gasteiger partial charge < -0.3 is 14.2 Å². The molecule has 6 nitrogen and oxygen atoms in total. The molecule has 0 saturated heterocycles. The van der Waals surface area contributed by atoms with Crippen LogP contribution in [0.15, 0.2) is 85.1 Å². The van der Waals surface area contributed by atoms with E-state index in [-0.39, 0.29) is 31.1 Å². The molecule has 0 aromatic rings. The minimum Gasteiger partial charge on any atom is -0.462 e. The summed E-state index contributed by atoms with van der Waals surface area (Å²) < 4.78 is 16.9. The molecular formula is C75H132O6. The van der Waals surface area contributed by atoms with Gasteiger partial charge in [-0.3, -0.25) is 14.4 Å². The zero-order chi connectivity index (χ0) is 58.5. The monoisotopic (exact) mass is 1130 g/mol. The van der Waals surface area contributed by atoms with Gasteiger partial charge in [0.1, 0.15) is 13.2 Å². The SMILES string of the molecule is CC/C=C\C/C=C\C/C=C\C/C=C\CCCCCCCCCCCCCCCCCCCCCCCCC(=O)OCC(COC(=O)CCCCCCC/C=C\CCC)OC(=O)CCCCCCCCC/C=C\C/C=C\CCCCCC. The smallest absolute Gasteiger partial charge is 0.306 e. The van der Waals surface area contributed by atoms with Gasteiger partial charge in [-0.1, -0.05) is 311 Å². The van der Waals surface area contributed by atoms with E-state index in [0.717, 1.165) is 109 Å². The maximum absolute atomic E-state index is 12.9. The zero-order valence-electron chi connectivity index (χ0n) is 53.8. The van der Waals surface area contributed by atoms with Crippen molar-refractivity contribution in [2.24, 2.45) is 0 Å². The Morgan fingerprint density at radius 3 is 0.815 bits per heavy atom. The third-order valence-corrected chi connectivity index (χ3v) is 15.3. The van der Waals surface area contributed by atoms with Crippen LogP contribution in [0, 0.1) is 0 Å². The van der Waals surface area contributed by atoms with Crippen molar-refractivity contribution in [3.05, 3.63) is 85.1 Å². The van der Waals surface area contributed by atoms with Crippen molar-refractivity contribution >= 4 is 17.9 Å². The molecule has 1 atom stereocenters. The summed E-state index contributed by atoms with van der Waals surface area (Å²) in [4.78, 5) is 38.3. The van der Waals surface area contributed by atoms with E-state index in [1.807, 2.05) is 0 Å². The van der Waals surface area contributed by atoms with Crippen LogP contribution in [-0.2, 0) is 28.6 Å². The fourth-order valence-corrected chi connectivity index (χ4v) is 10.1. The molecule has 0 radical (unpaired) electrons. The maximum Gasteiger partial charge on any atom is 0.306 e. The average molecular weight is 1130 g/mol. The molecule has 0 aliphatic heterocycles. The van der Waals surface area contributed by atoms with Crippen LogP contribution >= 0.6 is 0 Å². The first-order valence-electron chi connectivity index (χ1n) is 35.1. The number of esters is 3. The molecule has 0 aromatic heterocycles. The third kappa shape index (κ3) is 67.3. The molecule has 0 bridgehead atoms. The average Bonchev–Trinajstić information content (AvgIpc) is 3.47. The predicted octanol–water partition coefficient (Wildman–Crippen LogP) is 24.2. The lowest BCUT2D eigenvalue weighted by molar-refractivity contribution is -0.167. The van der Waals surface area contributed by atoms with Crippen LogP contribution in [0.2, 0.25) is 0 Å². The van der Waals surface area contributed by atoms with E-state index in [9.17, 15) is 14.4 Å². The summed E-state index contributed by atoms with van der Waals surface area (Å²) in [5.41, 5.74) is 0. The highest BCUT2D eigenvalue weighted by Gasteiger charge is 2.19. The van der Waals surface area contributed by atoms with Gasteiger partial charge in [0.05, 0.1) is 0 Å². The highest BCUT2D eigenvalue weighted by molar-refractivity contribution is 5.71. The molecule has 0 saturated carbocycles. The first-order valence-corrected chi connectivity index (χ1v) is 35.1. The molecule has 6 heteroatoms. The van der Waals surface area contributed by atoms with Crippen LogP contribution in [0.25, 0.3) is 0 Å². The van der Waals surface area contributed by atoms with Crippen LogP contribution in [-0.4, -0.2) is 37.2 Å². The maximum atomic E-state index is 12.9. The molecule has 1 unspecified atom stereocenters. The normalized spacial score (nSPS) is 12.6. The lowest BCUT2D eigenvalue weighted by Gasteiger charge is -2.18. The minimum atomic E-state index is -0.782. The molecule has 0 heterocycles. The largest absolute Gasteiger partial charge is 0.462 e. The Balaban J connectivity index is 4.06. The number of carbonyl (C=O) groups is 3. The van der Waals surface area contributed by atoms with Gasteiger partial charge >= 0.3 is 17.9 Å². The first-order chi connectivity index (χ1) is 40.0. The van der Waals surface area contributed by atoms with Crippen molar-refractivity contribution in [3.63, 3.8) is 0 Å². The quantitative estimate of drug-likeness (QED) is 0.0261. The van der Waals surface area contributed by atoms with Gasteiger partial charge in [-0.15, -0.1) is 0 Å². The molecule has 0 rings (SSSR count). The standard InChI is InChI=1S/C75H132O6/c1-4-7-10-13-16-19-22-24-26-28-30-31-32-33-34-35-36-37-38-39-40-41-42-43-44-45-46-48-49-51-53-56-59-62-65-68-74(77)80-71-72(70-79-73(76)67-64-61-58-55-21-18-15-12-9-6-3)81-75(78)69-66-63-60-57-54-52-50-47-29-27-25-23-20-17-14-11-8-5-2/h7,10,12,15-16,19-20,23-24,26-27,29-31,72H,4-6,8-9,11,13-14,17-18,21-22,25,28,32-71H2,1-3H3/b10-7-,15-12-,19-16-,23-20-,26-24-,29-27-,31-30-. The fraction of sp³-hybridized carbons (Fsp3) is 0.773. The van der Waals surface area contributed by atoms with Crippen LogP contribution in [0.3, 0.4) is 0 Å². The minimum absolute atomic E-state index is 0.0779. The van der Waals surface area contributed by atoms with E-state index in [1.54, 1.807) is 0 Å². The summed E-state index contributed by atoms with van der Waals surface area (Å²) in [6, 6.07) is 0. The Morgan fingerprint density at radius 2 is 0.506 bits per heavy atom. The Morgan fingerprint density at radius 1 is 0.259 bits per heavy atom. The predicted molar refractivity (Wildman–Crippen MR) is 353 cm³/mol. The summed E-state index contributed by atoms with van der Waals surface area (Å²) in [5, 5.41) is 0. The molecule has 0 N–H and O–H groups in total. The van der Waals surface area contributed by atoms with Crippen molar-refractivity contribution < 1.29 is 28.6 Å². The van der Waals surface area contributed by atoms with Gasteiger partial charge in [0.25, 0.3) is 0 Å². The van der Waals surface area contributed by atoms with Gasteiger partial charge in [-0.25, -0.2) is 0 Å². The molecule has 0 fully saturated rings. The first kappa shape index (κ1) is 77.6. The fourth-order valence-electron chi connectivity index (χ4n) is 10.1. The van der Waals surface area contributed by atoms with Gasteiger partial charge in [0, 0.05) is 19.3 Å². The zero-order valence-corrected chi connectivity index (χ0v) is 53.8. The Labute approximate surface area is 503 Å². The highest BCUT2D eigenvalue weighted by atomic mass is 16.6. The number of ether oxygens (including phenoxy) is 3. The molecular weight excluding hydrogens is 997 g/mol. The summed E-state index contributed by atoms with van der Waals surface area (Å²) in [6.45, 7) is 6.47. The van der Waals surface area contributed by atoms with E-state index in [0.29, 0.717) is 19.3 Å². The Kier molecular flexibility index (Phi) is 66.2. The second kappa shape index (κ2) is 69.1. The second-order valence-electron chi connectivity index (χ2n) is 23.4. The van der Waals surface area contributed by atoms with Crippen molar-refractivity contribution in [1.82, 2.24) is 0 Å². The summed E-state index contributed by atoms with van der Waals surface area (Å²) in [7, 11) is 0. The molecule has 81 heavy (non-hydrogen) atoms. The number of hydrogen-bond donors (Lipinski definition) is 0. The lowest BCUT2D eigenvalue weighted by atomic mass is 10.0. The van der Waals surface area contributed by atoms with Crippen LogP contribution in [0.1, 0.15) is 355 Å². The van der Waals surface area contributed by atoms with Crippen LogP contribution in [0.5, 0.6) is 0 Å². The van der Waals surface area contributed by atoms with E-state index in [1.165, 1.54) is 205 Å². The van der Waals surface area contributed by atoms with Gasteiger partial charge in [-0.05, 0) is 109 Å². The second-order valence-corrected chi connectivity index (χ2v) is 23.4. The molecule has 0 aliphatic carbocycles. The number of unbranched alkanes of at least 4 members (excludes halogenated alkanes) is 39.